The quantitative estimate of drug-likeness (QED) is 0.528. The third kappa shape index (κ3) is 2.70. The molecule has 3 rings (SSSR count). The van der Waals surface area contributed by atoms with E-state index in [1.54, 1.807) is 13.0 Å². The average molecular weight is 358 g/mol. The van der Waals surface area contributed by atoms with Crippen molar-refractivity contribution in [2.45, 2.75) is 6.92 Å². The highest BCUT2D eigenvalue weighted by Gasteiger charge is 2.13. The largest absolute Gasteiger partial charge is 0.352 e. The van der Waals surface area contributed by atoms with E-state index in [-0.39, 0.29) is 11.3 Å². The summed E-state index contributed by atoms with van der Waals surface area (Å²) in [6.45, 7) is 1.71. The van der Waals surface area contributed by atoms with Gasteiger partial charge in [-0.2, -0.15) is 4.99 Å². The molecular formula is C16H14BrN4O+. The number of fused-ring (bicyclic) bond motifs is 1. The summed E-state index contributed by atoms with van der Waals surface area (Å²) in [4.78, 5) is 19.8. The number of quaternary nitrogens is 1. The zero-order chi connectivity index (χ0) is 15.7. The highest BCUT2D eigenvalue weighted by Crippen LogP contribution is 2.12. The number of benzene rings is 1. The van der Waals surface area contributed by atoms with E-state index in [2.05, 4.69) is 25.9 Å². The van der Waals surface area contributed by atoms with Gasteiger partial charge in [-0.25, -0.2) is 0 Å². The lowest BCUT2D eigenvalue weighted by Crippen LogP contribution is -2.82. The van der Waals surface area contributed by atoms with Crippen LogP contribution in [0.4, 0.5) is 0 Å². The molecule has 2 aromatic rings. The molecule has 110 valence electrons. The number of nitrogens with zero attached hydrogens (tertiary/aromatic N) is 1. The molecule has 0 amide bonds. The molecule has 0 unspecified atom stereocenters. The van der Waals surface area contributed by atoms with Crippen LogP contribution in [0.15, 0.2) is 56.9 Å². The third-order valence-electron chi connectivity index (χ3n) is 3.45. The zero-order valence-corrected chi connectivity index (χ0v) is 13.4. The van der Waals surface area contributed by atoms with E-state index in [4.69, 9.17) is 5.41 Å². The van der Waals surface area contributed by atoms with Crippen LogP contribution in [0, 0.1) is 12.3 Å². The molecule has 1 aliphatic rings. The van der Waals surface area contributed by atoms with Crippen molar-refractivity contribution in [2.24, 2.45) is 4.99 Å². The van der Waals surface area contributed by atoms with Crippen molar-refractivity contribution in [3.8, 4) is 0 Å². The normalized spacial score (nSPS) is 16.1. The molecule has 0 bridgehead atoms. The molecule has 0 saturated heterocycles. The second-order valence-electron chi connectivity index (χ2n) is 4.94. The predicted molar refractivity (Wildman–Crippen MR) is 91.6 cm³/mol. The van der Waals surface area contributed by atoms with Crippen molar-refractivity contribution in [1.29, 1.82) is 5.41 Å². The van der Waals surface area contributed by atoms with Crippen molar-refractivity contribution < 1.29 is 5.32 Å². The number of aromatic nitrogens is 1. The van der Waals surface area contributed by atoms with Crippen molar-refractivity contribution in [1.82, 2.24) is 4.98 Å². The first-order valence-corrected chi connectivity index (χ1v) is 7.53. The molecule has 2 heterocycles. The number of H-pyrrole nitrogens is 1. The van der Waals surface area contributed by atoms with Crippen LogP contribution in [0.3, 0.4) is 0 Å². The number of amidine groups is 2. The summed E-state index contributed by atoms with van der Waals surface area (Å²) in [5.74, 6) is 0.712. The van der Waals surface area contributed by atoms with Crippen molar-refractivity contribution >= 4 is 38.5 Å². The van der Waals surface area contributed by atoms with Crippen LogP contribution in [0.1, 0.15) is 11.3 Å². The molecule has 0 atom stereocenters. The van der Waals surface area contributed by atoms with Crippen molar-refractivity contribution in [3.05, 3.63) is 68.6 Å². The standard InChI is InChI=1S/C16H13BrN4O/c1-9-14(16(18)21-13-7-6-10(17)8-19-13)20-12-5-3-2-4-11(12)15(9)22/h2-8H,1H3,(H,20,22)(H2,18,19,21)/p+1. The molecule has 0 radical (unpaired) electrons. The fourth-order valence-corrected chi connectivity index (χ4v) is 2.54. The van der Waals surface area contributed by atoms with Gasteiger partial charge in [0.15, 0.2) is 11.3 Å². The number of aromatic amines is 1. The summed E-state index contributed by atoms with van der Waals surface area (Å²) < 4.78 is 0.952. The smallest absolute Gasteiger partial charge is 0.230 e. The number of hydrogen-bond acceptors (Lipinski definition) is 2. The minimum absolute atomic E-state index is 0.0441. The number of nitrogens with one attached hydrogen (secondary N) is 2. The number of rotatable bonds is 1. The lowest BCUT2D eigenvalue weighted by Gasteiger charge is -2.07. The minimum Gasteiger partial charge on any atom is -0.352 e. The highest BCUT2D eigenvalue weighted by molar-refractivity contribution is 9.11. The second kappa shape index (κ2) is 5.82. The summed E-state index contributed by atoms with van der Waals surface area (Å²) in [6.07, 6.45) is 5.54. The van der Waals surface area contributed by atoms with E-state index in [1.807, 2.05) is 41.9 Å². The zero-order valence-electron chi connectivity index (χ0n) is 11.9. The molecule has 0 saturated carbocycles. The Morgan fingerprint density at radius 3 is 2.82 bits per heavy atom. The van der Waals surface area contributed by atoms with Crippen LogP contribution in [0.25, 0.3) is 10.9 Å². The molecule has 6 heteroatoms. The van der Waals surface area contributed by atoms with Gasteiger partial charge in [-0.3, -0.25) is 15.5 Å². The molecule has 1 aliphatic heterocycles. The van der Waals surface area contributed by atoms with Gasteiger partial charge in [-0.15, -0.1) is 0 Å². The van der Waals surface area contributed by atoms with Gasteiger partial charge >= 0.3 is 0 Å². The Hall–Kier alpha value is -2.31. The number of aliphatic imine (C=N–C) groups is 1. The van der Waals surface area contributed by atoms with Crippen molar-refractivity contribution in [3.63, 3.8) is 0 Å². The minimum atomic E-state index is -0.0693. The van der Waals surface area contributed by atoms with Gasteiger partial charge in [-0.05, 0) is 41.1 Å². The fourth-order valence-electron chi connectivity index (χ4n) is 2.27. The molecular weight excluding hydrogens is 344 g/mol. The summed E-state index contributed by atoms with van der Waals surface area (Å²) in [5, 5.41) is 10.6. The summed E-state index contributed by atoms with van der Waals surface area (Å²) in [7, 11) is 0. The number of allylic oxidation sites excluding steroid dienone is 2. The topological polar surface area (TPSA) is 85.7 Å². The lowest BCUT2D eigenvalue weighted by atomic mass is 10.1. The Balaban J connectivity index is 2.05. The van der Waals surface area contributed by atoms with Crippen LogP contribution < -0.4 is 10.7 Å². The Morgan fingerprint density at radius 1 is 1.32 bits per heavy atom. The molecule has 4 N–H and O–H groups in total. The first-order valence-electron chi connectivity index (χ1n) is 6.74. The SMILES string of the molecule is Cc1c(C(=N)N=C2C=CC(Br)=C[NH2+]2)[nH]c2ccccc2c1=O. The van der Waals surface area contributed by atoms with Gasteiger partial charge in [0.05, 0.1) is 10.2 Å². The molecule has 0 fully saturated rings. The van der Waals surface area contributed by atoms with Gasteiger partial charge < -0.3 is 4.98 Å². The molecule has 1 aromatic carbocycles. The van der Waals surface area contributed by atoms with Gasteiger partial charge in [0.1, 0.15) is 6.20 Å². The maximum Gasteiger partial charge on any atom is 0.230 e. The highest BCUT2D eigenvalue weighted by atomic mass is 79.9. The van der Waals surface area contributed by atoms with E-state index >= 15 is 0 Å². The lowest BCUT2D eigenvalue weighted by molar-refractivity contribution is -0.461. The van der Waals surface area contributed by atoms with E-state index < -0.39 is 0 Å². The fraction of sp³-hybridized carbons (Fsp3) is 0.0625. The second-order valence-corrected chi connectivity index (χ2v) is 5.85. The monoisotopic (exact) mass is 357 g/mol. The number of halogens is 1. The number of para-hydroxylation sites is 1. The Bertz CT molecular complexity index is 921. The summed E-state index contributed by atoms with van der Waals surface area (Å²) in [5.41, 5.74) is 1.60. The first-order chi connectivity index (χ1) is 10.6. The number of hydrogen-bond donors (Lipinski definition) is 3. The van der Waals surface area contributed by atoms with Crippen LogP contribution in [-0.2, 0) is 0 Å². The number of nitrogens with two attached hydrogens (primary N) is 1. The van der Waals surface area contributed by atoms with E-state index in [1.165, 1.54) is 0 Å². The van der Waals surface area contributed by atoms with Crippen LogP contribution >= 0.6 is 15.9 Å². The summed E-state index contributed by atoms with van der Waals surface area (Å²) >= 11 is 3.36. The van der Waals surface area contributed by atoms with Crippen LogP contribution in [-0.4, -0.2) is 16.7 Å². The molecule has 0 spiro atoms. The number of pyridine rings is 1. The maximum absolute atomic E-state index is 12.4. The van der Waals surface area contributed by atoms with Crippen LogP contribution in [0.5, 0.6) is 0 Å². The summed E-state index contributed by atoms with van der Waals surface area (Å²) in [6, 6.07) is 7.29. The predicted octanol–water partition coefficient (Wildman–Crippen LogP) is 1.93. The van der Waals surface area contributed by atoms with Crippen LogP contribution in [0.2, 0.25) is 0 Å². The molecule has 22 heavy (non-hydrogen) atoms. The Kier molecular flexibility index (Phi) is 3.87. The van der Waals surface area contributed by atoms with E-state index in [9.17, 15) is 4.79 Å². The van der Waals surface area contributed by atoms with Gasteiger partial charge in [0.2, 0.25) is 5.84 Å². The molecule has 0 aliphatic carbocycles. The Morgan fingerprint density at radius 2 is 2.09 bits per heavy atom. The van der Waals surface area contributed by atoms with E-state index in [0.29, 0.717) is 28.0 Å². The van der Waals surface area contributed by atoms with Gasteiger partial charge in [0.25, 0.3) is 0 Å². The van der Waals surface area contributed by atoms with Crippen molar-refractivity contribution in [2.75, 3.05) is 0 Å². The first kappa shape index (κ1) is 14.6. The molecule has 5 nitrogen and oxygen atoms in total. The molecule has 1 aromatic heterocycles. The van der Waals surface area contributed by atoms with Gasteiger partial charge in [0, 0.05) is 22.5 Å². The van der Waals surface area contributed by atoms with Gasteiger partial charge in [-0.1, -0.05) is 12.1 Å². The average Bonchev–Trinajstić information content (AvgIpc) is 2.53. The third-order valence-corrected chi connectivity index (χ3v) is 3.98. The van der Waals surface area contributed by atoms with E-state index in [0.717, 1.165) is 4.48 Å². The maximum atomic E-state index is 12.4. The Labute approximate surface area is 135 Å².